The second kappa shape index (κ2) is 80.8. The molecule has 0 aromatic rings. The van der Waals surface area contributed by atoms with E-state index in [-0.39, 0.29) is 146 Å². The minimum absolute atomic E-state index is 0. The molecule has 1 N–H and O–H groups in total. The fourth-order valence-corrected chi connectivity index (χ4v) is 0. The molecule has 0 saturated heterocycles. The van der Waals surface area contributed by atoms with Gasteiger partial charge in [0.2, 0.25) is 0 Å². The summed E-state index contributed by atoms with van der Waals surface area (Å²) < 4.78 is 0. The van der Waals surface area contributed by atoms with Gasteiger partial charge < -0.3 is 11.1 Å². The number of hydrogen-bond donors (Lipinski definition) is 2. The Morgan fingerprint density at radius 2 is 1.23 bits per heavy atom. The zero-order valence-corrected chi connectivity index (χ0v) is 17.5. The molecule has 0 spiro atoms. The SMILES string of the molecule is N#CS.[K+].[K+].[N-]=[N+]=N.[N-]=[N+]=[N-].[Na+].[S]. The van der Waals surface area contributed by atoms with Gasteiger partial charge in [0.25, 0.3) is 0 Å². The van der Waals surface area contributed by atoms with Crippen molar-refractivity contribution in [2.45, 2.75) is 0 Å². The molecule has 0 aliphatic carbocycles. The number of hydrogen-bond acceptors (Lipinski definition) is 3. The predicted molar refractivity (Wildman–Crippen MR) is 41.7 cm³/mol. The largest absolute Gasteiger partial charge is 1.00 e. The molecule has 0 fully saturated rings. The normalized spacial score (nSPS) is 1.85. The summed E-state index contributed by atoms with van der Waals surface area (Å²) in [4.78, 5) is 3.25. The third-order valence-electron chi connectivity index (χ3n) is 0. The van der Waals surface area contributed by atoms with Crippen LogP contribution in [-0.4, -0.2) is 0 Å². The Hall–Kier alpha value is 3.08. The Balaban J connectivity index is -0.00000000720. The number of rotatable bonds is 0. The Morgan fingerprint density at radius 1 is 1.23 bits per heavy atom. The van der Waals surface area contributed by atoms with Crippen LogP contribution >= 0.6 is 26.1 Å². The number of thiocyanates is 1. The molecule has 0 atom stereocenters. The van der Waals surface area contributed by atoms with Crippen LogP contribution in [0, 0.1) is 16.2 Å². The maximum atomic E-state index is 7.18. The molecule has 54 valence electrons. The van der Waals surface area contributed by atoms with E-state index in [9.17, 15) is 0 Å². The minimum atomic E-state index is 0. The van der Waals surface area contributed by atoms with Crippen LogP contribution in [0.5, 0.6) is 0 Å². The molecular weight excluding hydrogens is 275 g/mol. The molecular formula is CH2K2N7NaS2+2. The number of thiol groups is 1. The van der Waals surface area contributed by atoms with Gasteiger partial charge in [-0.3, -0.25) is 4.91 Å². The van der Waals surface area contributed by atoms with Crippen LogP contribution in [0.2, 0.25) is 0 Å². The Morgan fingerprint density at radius 3 is 1.23 bits per heavy atom. The molecule has 2 radical (unpaired) electrons. The Kier molecular flexibility index (Phi) is 276. The standard InChI is InChI=1S/CHNS.2K.HN3.N3.Na.S/c2-1-3;;;2*1-3-2;;/h3H;;;1H;;;/q;2*+1;;-1;+1;. The molecule has 0 bridgehead atoms. The molecule has 0 aromatic heterocycles. The van der Waals surface area contributed by atoms with Crippen LogP contribution in [-0.2, 0) is 0 Å². The Labute approximate surface area is 196 Å². The molecule has 0 aromatic carbocycles. The summed E-state index contributed by atoms with van der Waals surface area (Å²) in [6, 6.07) is 0. The number of nitrogens with one attached hydrogen (secondary N) is 1. The third-order valence-corrected chi connectivity index (χ3v) is 0. The molecule has 0 heterocycles. The average molecular weight is 277 g/mol. The van der Waals surface area contributed by atoms with Gasteiger partial charge in [-0.2, -0.15) is 5.26 Å². The van der Waals surface area contributed by atoms with E-state index in [1.54, 1.807) is 4.91 Å². The van der Waals surface area contributed by atoms with E-state index in [1.807, 2.05) is 0 Å². The van der Waals surface area contributed by atoms with Gasteiger partial charge in [-0.15, -0.1) is 5.53 Å². The number of nitrogens with zero attached hydrogens (tertiary/aromatic N) is 6. The molecule has 0 aliphatic rings. The summed E-state index contributed by atoms with van der Waals surface area (Å²) in [5, 5.41) is 8.63. The second-order valence-electron chi connectivity index (χ2n) is 0.289. The monoisotopic (exact) mass is 277 g/mol. The Bertz CT molecular complexity index is 133. The van der Waals surface area contributed by atoms with Crippen molar-refractivity contribution >= 4 is 26.1 Å². The fraction of sp³-hybridized carbons (Fsp3) is 0. The molecule has 0 saturated carbocycles. The smallest absolute Gasteiger partial charge is 0.373 e. The van der Waals surface area contributed by atoms with Gasteiger partial charge in [0.15, 0.2) is 0 Å². The summed E-state index contributed by atoms with van der Waals surface area (Å²) in [6.45, 7) is 0. The predicted octanol–water partition coefficient (Wildman–Crippen LogP) is -6.20. The van der Waals surface area contributed by atoms with Crippen molar-refractivity contribution in [1.29, 1.82) is 10.8 Å². The minimum Gasteiger partial charge on any atom is -0.373 e. The van der Waals surface area contributed by atoms with Gasteiger partial charge in [0.05, 0.1) is 0 Å². The average Bonchev–Trinajstić information content (AvgIpc) is 1.70. The van der Waals surface area contributed by atoms with E-state index >= 15 is 0 Å². The van der Waals surface area contributed by atoms with E-state index in [0.29, 0.717) is 0 Å². The molecule has 0 rings (SSSR count). The van der Waals surface area contributed by atoms with Crippen LogP contribution in [0.3, 0.4) is 0 Å². The van der Waals surface area contributed by atoms with Crippen molar-refractivity contribution in [2.75, 3.05) is 0 Å². The number of nitriles is 1. The van der Waals surface area contributed by atoms with Gasteiger partial charge in [-0.25, -0.2) is 0 Å². The molecule has 13 heavy (non-hydrogen) atoms. The maximum absolute atomic E-state index is 7.18. The molecule has 7 nitrogen and oxygen atoms in total. The van der Waals surface area contributed by atoms with Crippen molar-refractivity contribution in [3.8, 4) is 5.40 Å². The van der Waals surface area contributed by atoms with Gasteiger partial charge in [0, 0.05) is 13.5 Å². The fourth-order valence-electron chi connectivity index (χ4n) is 0. The van der Waals surface area contributed by atoms with Crippen LogP contribution in [0.15, 0.2) is 0 Å². The maximum Gasteiger partial charge on any atom is 1.00 e. The molecule has 0 unspecified atom stereocenters. The van der Waals surface area contributed by atoms with Crippen molar-refractivity contribution in [3.05, 3.63) is 26.4 Å². The van der Waals surface area contributed by atoms with Crippen LogP contribution < -0.4 is 132 Å². The van der Waals surface area contributed by atoms with E-state index in [0.717, 1.165) is 0 Å². The van der Waals surface area contributed by atoms with Gasteiger partial charge >= 0.3 is 132 Å². The van der Waals surface area contributed by atoms with Crippen molar-refractivity contribution < 1.29 is 132 Å². The summed E-state index contributed by atoms with van der Waals surface area (Å²) in [6.07, 6.45) is 0. The first kappa shape index (κ1) is 44.3. The quantitative estimate of drug-likeness (QED) is 0.111. The second-order valence-corrected chi connectivity index (χ2v) is 0.489. The van der Waals surface area contributed by atoms with Crippen molar-refractivity contribution in [1.82, 2.24) is 0 Å². The zero-order chi connectivity index (χ0) is 8.12. The van der Waals surface area contributed by atoms with Crippen molar-refractivity contribution in [3.63, 3.8) is 0 Å². The first-order valence-electron chi connectivity index (χ1n) is 1.27. The summed E-state index contributed by atoms with van der Waals surface area (Å²) >= 11 is 3.09. The molecule has 0 aliphatic heterocycles. The zero-order valence-electron chi connectivity index (χ0n) is 7.54. The van der Waals surface area contributed by atoms with Crippen molar-refractivity contribution in [2.24, 2.45) is 0 Å². The molecule has 12 heteroatoms. The van der Waals surface area contributed by atoms with Crippen LogP contribution in [0.25, 0.3) is 26.4 Å². The van der Waals surface area contributed by atoms with Crippen LogP contribution in [0.1, 0.15) is 0 Å². The third kappa shape index (κ3) is 272. The van der Waals surface area contributed by atoms with Gasteiger partial charge in [0.1, 0.15) is 5.40 Å². The first-order valence-corrected chi connectivity index (χ1v) is 1.72. The van der Waals surface area contributed by atoms with Gasteiger partial charge in [-0.1, -0.05) is 12.6 Å². The summed E-state index contributed by atoms with van der Waals surface area (Å²) in [7, 11) is 0. The summed E-state index contributed by atoms with van der Waals surface area (Å²) in [5.74, 6) is 0. The topological polar surface area (TPSA) is 143 Å². The molecule has 0 amide bonds. The van der Waals surface area contributed by atoms with E-state index in [4.69, 9.17) is 27.4 Å². The summed E-state index contributed by atoms with van der Waals surface area (Å²) in [5.41, 5.74) is 25.8. The van der Waals surface area contributed by atoms with Crippen LogP contribution in [0.4, 0.5) is 0 Å². The van der Waals surface area contributed by atoms with E-state index in [1.165, 1.54) is 10.3 Å². The van der Waals surface area contributed by atoms with E-state index < -0.39 is 0 Å². The van der Waals surface area contributed by atoms with Gasteiger partial charge in [-0.05, 0) is 10.4 Å². The van der Waals surface area contributed by atoms with E-state index in [2.05, 4.69) is 12.6 Å². The first-order chi connectivity index (χ1) is 4.24.